The predicted molar refractivity (Wildman–Crippen MR) is 56.3 cm³/mol. The van der Waals surface area contributed by atoms with Crippen molar-refractivity contribution in [3.8, 4) is 0 Å². The average Bonchev–Trinajstić information content (AvgIpc) is 2.12. The fourth-order valence-corrected chi connectivity index (χ4v) is 2.07. The Labute approximate surface area is 90.1 Å². The van der Waals surface area contributed by atoms with Crippen molar-refractivity contribution in [3.05, 3.63) is 0 Å². The second-order valence-electron chi connectivity index (χ2n) is 5.22. The molecule has 1 amide bonds. The first kappa shape index (κ1) is 10.7. The second-order valence-corrected chi connectivity index (χ2v) is 5.22. The van der Waals surface area contributed by atoms with E-state index in [9.17, 15) is 4.79 Å². The van der Waals surface area contributed by atoms with Gasteiger partial charge < -0.3 is 10.1 Å². The molecule has 3 rings (SSSR count). The van der Waals surface area contributed by atoms with Crippen LogP contribution in [0.1, 0.15) is 27.2 Å². The Balaban J connectivity index is 1.80. The molecule has 5 heteroatoms. The third-order valence-corrected chi connectivity index (χ3v) is 2.71. The molecule has 2 bridgehead atoms. The van der Waals surface area contributed by atoms with E-state index in [1.54, 1.807) is 0 Å². The predicted octanol–water partition coefficient (Wildman–Crippen LogP) is 0.472. The van der Waals surface area contributed by atoms with Gasteiger partial charge in [-0.2, -0.15) is 0 Å². The van der Waals surface area contributed by atoms with Crippen LogP contribution in [-0.2, 0) is 4.74 Å². The van der Waals surface area contributed by atoms with Crippen LogP contribution in [0.4, 0.5) is 4.79 Å². The maximum Gasteiger partial charge on any atom is 0.422 e. The van der Waals surface area contributed by atoms with Gasteiger partial charge in [-0.05, 0) is 27.2 Å². The number of amides is 1. The summed E-state index contributed by atoms with van der Waals surface area (Å²) in [6.07, 6.45) is 0.821. The summed E-state index contributed by atoms with van der Waals surface area (Å²) in [5, 5.41) is 5.31. The molecule has 5 nitrogen and oxygen atoms in total. The number of hydrazine groups is 1. The maximum atomic E-state index is 11.5. The molecule has 2 N–H and O–H groups in total. The highest BCUT2D eigenvalue weighted by atomic mass is 16.6. The van der Waals surface area contributed by atoms with Crippen LogP contribution in [0.25, 0.3) is 0 Å². The zero-order chi connectivity index (χ0) is 11.1. The van der Waals surface area contributed by atoms with Crippen LogP contribution in [0, 0.1) is 0 Å². The third-order valence-electron chi connectivity index (χ3n) is 2.71. The number of hydrogen-bond donors (Lipinski definition) is 2. The van der Waals surface area contributed by atoms with Gasteiger partial charge in [0.05, 0.1) is 0 Å². The van der Waals surface area contributed by atoms with Gasteiger partial charge in [-0.1, -0.05) is 0 Å². The van der Waals surface area contributed by atoms with Crippen LogP contribution in [0.2, 0.25) is 0 Å². The lowest BCUT2D eigenvalue weighted by Gasteiger charge is -2.52. The third kappa shape index (κ3) is 2.41. The summed E-state index contributed by atoms with van der Waals surface area (Å²) in [6, 6.07) is 0.882. The average molecular weight is 213 g/mol. The van der Waals surface area contributed by atoms with Crippen molar-refractivity contribution >= 4 is 6.09 Å². The molecule has 3 aliphatic rings. The minimum absolute atomic E-state index is 0.348. The molecule has 0 aliphatic carbocycles. The van der Waals surface area contributed by atoms with Gasteiger partial charge in [-0.3, -0.25) is 5.43 Å². The highest BCUT2D eigenvalue weighted by Gasteiger charge is 2.42. The Morgan fingerprint density at radius 2 is 2.00 bits per heavy atom. The summed E-state index contributed by atoms with van der Waals surface area (Å²) in [6.45, 7) is 7.50. The Morgan fingerprint density at radius 1 is 1.40 bits per heavy atom. The van der Waals surface area contributed by atoms with Crippen molar-refractivity contribution in [2.75, 3.05) is 13.1 Å². The smallest absolute Gasteiger partial charge is 0.422 e. The second kappa shape index (κ2) is 3.64. The van der Waals surface area contributed by atoms with Gasteiger partial charge in [0.25, 0.3) is 0 Å². The van der Waals surface area contributed by atoms with E-state index >= 15 is 0 Å². The molecule has 0 aromatic heterocycles. The van der Waals surface area contributed by atoms with E-state index in [2.05, 4.69) is 10.7 Å². The first-order valence-corrected chi connectivity index (χ1v) is 5.44. The standard InChI is InChI=1S/C10H19N3O2/c1-10(2,3)15-9(14)12-13-7-4-8(13)6-11-5-7/h7-8,11H,4-6H2,1-3H3,(H,12,14). The number of carbonyl (C=O) groups excluding carboxylic acids is 1. The van der Waals surface area contributed by atoms with Crippen LogP contribution in [0.5, 0.6) is 0 Å². The van der Waals surface area contributed by atoms with Crippen molar-refractivity contribution in [1.29, 1.82) is 0 Å². The number of piperidine rings is 1. The van der Waals surface area contributed by atoms with Crippen molar-refractivity contribution < 1.29 is 9.53 Å². The summed E-state index contributed by atoms with van der Waals surface area (Å²) in [5.74, 6) is 0. The molecule has 3 aliphatic heterocycles. The van der Waals surface area contributed by atoms with Crippen LogP contribution in [0.15, 0.2) is 0 Å². The first-order chi connectivity index (χ1) is 6.96. The van der Waals surface area contributed by atoms with E-state index in [1.807, 2.05) is 25.8 Å². The summed E-state index contributed by atoms with van der Waals surface area (Å²) >= 11 is 0. The highest BCUT2D eigenvalue weighted by molar-refractivity contribution is 5.67. The number of carbonyl (C=O) groups is 1. The molecule has 2 unspecified atom stereocenters. The normalized spacial score (nSPS) is 30.6. The molecule has 0 aromatic carbocycles. The van der Waals surface area contributed by atoms with E-state index in [-0.39, 0.29) is 6.09 Å². The van der Waals surface area contributed by atoms with Gasteiger partial charge in [-0.15, -0.1) is 0 Å². The zero-order valence-corrected chi connectivity index (χ0v) is 9.54. The summed E-state index contributed by atoms with van der Waals surface area (Å²) in [4.78, 5) is 11.5. The Bertz CT molecular complexity index is 248. The topological polar surface area (TPSA) is 53.6 Å². The monoisotopic (exact) mass is 213 g/mol. The van der Waals surface area contributed by atoms with Gasteiger partial charge in [0, 0.05) is 25.2 Å². The minimum Gasteiger partial charge on any atom is -0.443 e. The molecule has 0 aromatic rings. The van der Waals surface area contributed by atoms with E-state index in [1.165, 1.54) is 6.42 Å². The highest BCUT2D eigenvalue weighted by Crippen LogP contribution is 2.25. The number of fused-ring (bicyclic) bond motifs is 2. The van der Waals surface area contributed by atoms with Crippen molar-refractivity contribution in [2.45, 2.75) is 44.9 Å². The van der Waals surface area contributed by atoms with Crippen molar-refractivity contribution in [2.24, 2.45) is 0 Å². The molecular formula is C10H19N3O2. The lowest BCUT2D eigenvalue weighted by molar-refractivity contribution is -0.0632. The number of ether oxygens (including phenoxy) is 1. The van der Waals surface area contributed by atoms with E-state index in [0.29, 0.717) is 12.1 Å². The number of nitrogens with zero attached hydrogens (tertiary/aromatic N) is 1. The quantitative estimate of drug-likeness (QED) is 0.665. The van der Waals surface area contributed by atoms with E-state index < -0.39 is 5.60 Å². The first-order valence-electron chi connectivity index (χ1n) is 5.44. The number of nitrogens with one attached hydrogen (secondary N) is 2. The Morgan fingerprint density at radius 3 is 2.47 bits per heavy atom. The van der Waals surface area contributed by atoms with E-state index in [4.69, 9.17) is 4.74 Å². The summed E-state index contributed by atoms with van der Waals surface area (Å²) < 4.78 is 5.20. The van der Waals surface area contributed by atoms with Crippen LogP contribution >= 0.6 is 0 Å². The molecule has 0 saturated carbocycles. The Hall–Kier alpha value is -0.810. The zero-order valence-electron chi connectivity index (χ0n) is 9.54. The molecule has 0 radical (unpaired) electrons. The van der Waals surface area contributed by atoms with Gasteiger partial charge in [0.15, 0.2) is 0 Å². The maximum absolute atomic E-state index is 11.5. The fourth-order valence-electron chi connectivity index (χ4n) is 2.07. The van der Waals surface area contributed by atoms with Crippen molar-refractivity contribution in [1.82, 2.24) is 15.8 Å². The van der Waals surface area contributed by atoms with Gasteiger partial charge >= 0.3 is 6.09 Å². The SMILES string of the molecule is CC(C)(C)OC(=O)NN1C2CNCC1C2. The summed E-state index contributed by atoms with van der Waals surface area (Å²) in [5.41, 5.74) is 2.38. The van der Waals surface area contributed by atoms with Gasteiger partial charge in [0.2, 0.25) is 0 Å². The molecule has 3 saturated heterocycles. The molecule has 15 heavy (non-hydrogen) atoms. The molecule has 2 atom stereocenters. The van der Waals surface area contributed by atoms with Gasteiger partial charge in [-0.25, -0.2) is 9.80 Å². The van der Waals surface area contributed by atoms with Crippen LogP contribution in [-0.4, -0.2) is 41.9 Å². The lowest BCUT2D eigenvalue weighted by atomic mass is 9.91. The summed E-state index contributed by atoms with van der Waals surface area (Å²) in [7, 11) is 0. The molecule has 3 fully saturated rings. The molecule has 3 heterocycles. The minimum atomic E-state index is -0.428. The molecular weight excluding hydrogens is 194 g/mol. The van der Waals surface area contributed by atoms with E-state index in [0.717, 1.165) is 13.1 Å². The number of hydrogen-bond acceptors (Lipinski definition) is 4. The Kier molecular flexibility index (Phi) is 2.60. The van der Waals surface area contributed by atoms with Crippen molar-refractivity contribution in [3.63, 3.8) is 0 Å². The number of piperazine rings is 1. The molecule has 0 spiro atoms. The van der Waals surface area contributed by atoms with Crippen LogP contribution in [0.3, 0.4) is 0 Å². The van der Waals surface area contributed by atoms with Gasteiger partial charge in [0.1, 0.15) is 5.60 Å². The largest absolute Gasteiger partial charge is 0.443 e. The fraction of sp³-hybridized carbons (Fsp3) is 0.900. The molecule has 86 valence electrons. The van der Waals surface area contributed by atoms with Crippen LogP contribution < -0.4 is 10.7 Å². The lowest BCUT2D eigenvalue weighted by Crippen LogP contribution is -2.72. The number of rotatable bonds is 1.